The van der Waals surface area contributed by atoms with Gasteiger partial charge in [0.25, 0.3) is 0 Å². The Balaban J connectivity index is 1.71. The third kappa shape index (κ3) is 4.45. The number of carbonyl (C=O) groups is 2. The van der Waals surface area contributed by atoms with Crippen LogP contribution in [0.25, 0.3) is 11.0 Å². The first kappa shape index (κ1) is 19.3. The second-order valence-corrected chi connectivity index (χ2v) is 6.75. The maximum absolute atomic E-state index is 12.5. The molecule has 1 aliphatic heterocycles. The normalized spacial score (nSPS) is 17.4. The summed E-state index contributed by atoms with van der Waals surface area (Å²) in [5.74, 6) is -0.714. The fraction of sp³-hybridized carbons (Fsp3) is 0.526. The van der Waals surface area contributed by atoms with Gasteiger partial charge < -0.3 is 15.0 Å². The molecule has 3 N–H and O–H groups in total. The standard InChI is InChI=1S/C19H26N4O4/c1-20-10-4-12-27-11-3-6-13-5-2-7-14-17(13)22-19(26)23(14)15-8-9-16(24)21-18(15)25/h2,5,7,15,20H,3-4,6,8-12H2,1H3,(H,22,26)(H,21,24,25). The SMILES string of the molecule is CNCCCOCCCc1cccc2c1[nH]c(=O)n2C1CCC(=O)NC1=O. The number of aromatic nitrogens is 2. The van der Waals surface area contributed by atoms with Gasteiger partial charge in [0.2, 0.25) is 11.8 Å². The van der Waals surface area contributed by atoms with Crippen LogP contribution in [-0.4, -0.2) is 48.2 Å². The molecule has 27 heavy (non-hydrogen) atoms. The minimum Gasteiger partial charge on any atom is -0.381 e. The highest BCUT2D eigenvalue weighted by Gasteiger charge is 2.30. The Labute approximate surface area is 157 Å². The zero-order chi connectivity index (χ0) is 19.2. The van der Waals surface area contributed by atoms with Crippen molar-refractivity contribution < 1.29 is 14.3 Å². The van der Waals surface area contributed by atoms with Gasteiger partial charge in [0, 0.05) is 19.6 Å². The third-order valence-electron chi connectivity index (χ3n) is 4.81. The van der Waals surface area contributed by atoms with E-state index in [0.29, 0.717) is 18.5 Å². The quantitative estimate of drug-likeness (QED) is 0.446. The van der Waals surface area contributed by atoms with Gasteiger partial charge in [-0.3, -0.25) is 19.5 Å². The Bertz CT molecular complexity index is 870. The lowest BCUT2D eigenvalue weighted by molar-refractivity contribution is -0.135. The Morgan fingerprint density at radius 1 is 1.22 bits per heavy atom. The summed E-state index contributed by atoms with van der Waals surface area (Å²) >= 11 is 0. The summed E-state index contributed by atoms with van der Waals surface area (Å²) in [6.07, 6.45) is 3.18. The number of rotatable bonds is 9. The molecule has 3 rings (SSSR count). The molecule has 1 saturated heterocycles. The number of aromatic amines is 1. The number of H-pyrrole nitrogens is 1. The number of benzene rings is 1. The van der Waals surface area contributed by atoms with Crippen molar-refractivity contribution in [2.45, 2.75) is 38.1 Å². The summed E-state index contributed by atoms with van der Waals surface area (Å²) in [5.41, 5.74) is 2.15. The van der Waals surface area contributed by atoms with E-state index >= 15 is 0 Å². The number of hydrogen-bond donors (Lipinski definition) is 3. The largest absolute Gasteiger partial charge is 0.381 e. The van der Waals surface area contributed by atoms with Crippen molar-refractivity contribution in [1.82, 2.24) is 20.2 Å². The van der Waals surface area contributed by atoms with E-state index in [1.54, 1.807) is 0 Å². The number of para-hydroxylation sites is 1. The Morgan fingerprint density at radius 2 is 2.04 bits per heavy atom. The number of nitrogens with zero attached hydrogens (tertiary/aromatic N) is 1. The predicted molar refractivity (Wildman–Crippen MR) is 102 cm³/mol. The molecule has 146 valence electrons. The second-order valence-electron chi connectivity index (χ2n) is 6.75. The molecule has 1 atom stereocenters. The van der Waals surface area contributed by atoms with Gasteiger partial charge in [0.15, 0.2) is 0 Å². The number of ether oxygens (including phenoxy) is 1. The number of amides is 2. The van der Waals surface area contributed by atoms with Gasteiger partial charge in [-0.05, 0) is 50.9 Å². The second kappa shape index (κ2) is 8.96. The number of aryl methyl sites for hydroxylation is 1. The van der Waals surface area contributed by atoms with E-state index in [2.05, 4.69) is 15.6 Å². The van der Waals surface area contributed by atoms with Crippen molar-refractivity contribution in [3.63, 3.8) is 0 Å². The zero-order valence-electron chi connectivity index (χ0n) is 15.5. The lowest BCUT2D eigenvalue weighted by atomic mass is 10.0. The smallest absolute Gasteiger partial charge is 0.327 e. The van der Waals surface area contributed by atoms with Crippen LogP contribution in [0.1, 0.15) is 37.3 Å². The van der Waals surface area contributed by atoms with Crippen LogP contribution >= 0.6 is 0 Å². The third-order valence-corrected chi connectivity index (χ3v) is 4.81. The number of piperidine rings is 1. The van der Waals surface area contributed by atoms with Crippen LogP contribution in [0.2, 0.25) is 0 Å². The number of nitrogens with one attached hydrogen (secondary N) is 3. The molecule has 1 aliphatic rings. The van der Waals surface area contributed by atoms with Crippen molar-refractivity contribution in [2.75, 3.05) is 26.8 Å². The number of imide groups is 1. The van der Waals surface area contributed by atoms with Gasteiger partial charge >= 0.3 is 5.69 Å². The molecule has 1 unspecified atom stereocenters. The van der Waals surface area contributed by atoms with Crippen LogP contribution < -0.4 is 16.3 Å². The average molecular weight is 374 g/mol. The summed E-state index contributed by atoms with van der Waals surface area (Å²) in [4.78, 5) is 38.9. The molecule has 8 nitrogen and oxygen atoms in total. The van der Waals surface area contributed by atoms with Gasteiger partial charge in [-0.2, -0.15) is 0 Å². The number of imidazole rings is 1. The molecule has 2 heterocycles. The Kier molecular flexibility index (Phi) is 6.41. The van der Waals surface area contributed by atoms with Crippen LogP contribution in [0.4, 0.5) is 0 Å². The first-order valence-corrected chi connectivity index (χ1v) is 9.40. The van der Waals surface area contributed by atoms with Crippen molar-refractivity contribution >= 4 is 22.8 Å². The van der Waals surface area contributed by atoms with E-state index in [9.17, 15) is 14.4 Å². The Hall–Kier alpha value is -2.45. The van der Waals surface area contributed by atoms with Gasteiger partial charge in [-0.15, -0.1) is 0 Å². The van der Waals surface area contributed by atoms with Crippen molar-refractivity contribution in [3.8, 4) is 0 Å². The minimum atomic E-state index is -0.658. The Morgan fingerprint density at radius 3 is 2.81 bits per heavy atom. The van der Waals surface area contributed by atoms with Crippen LogP contribution in [0.5, 0.6) is 0 Å². The summed E-state index contributed by atoms with van der Waals surface area (Å²) < 4.78 is 7.08. The van der Waals surface area contributed by atoms with Crippen LogP contribution in [0.3, 0.4) is 0 Å². The van der Waals surface area contributed by atoms with Gasteiger partial charge in [-0.1, -0.05) is 12.1 Å². The van der Waals surface area contributed by atoms with Crippen molar-refractivity contribution in [2.24, 2.45) is 0 Å². The average Bonchev–Trinajstić information content (AvgIpc) is 2.98. The molecule has 1 aromatic heterocycles. The first-order chi connectivity index (χ1) is 13.1. The predicted octanol–water partition coefficient (Wildman–Crippen LogP) is 0.866. The van der Waals surface area contributed by atoms with Crippen LogP contribution in [-0.2, 0) is 20.7 Å². The van der Waals surface area contributed by atoms with Gasteiger partial charge in [-0.25, -0.2) is 4.79 Å². The zero-order valence-corrected chi connectivity index (χ0v) is 15.5. The maximum Gasteiger partial charge on any atom is 0.327 e. The summed E-state index contributed by atoms with van der Waals surface area (Å²) in [5, 5.41) is 5.40. The fourth-order valence-electron chi connectivity index (χ4n) is 3.47. The summed E-state index contributed by atoms with van der Waals surface area (Å²) in [7, 11) is 1.92. The highest BCUT2D eigenvalue weighted by molar-refractivity contribution is 6.00. The molecule has 0 radical (unpaired) electrons. The molecular formula is C19H26N4O4. The number of hydrogen-bond acceptors (Lipinski definition) is 5. The molecule has 0 spiro atoms. The highest BCUT2D eigenvalue weighted by atomic mass is 16.5. The first-order valence-electron chi connectivity index (χ1n) is 9.40. The molecule has 1 fully saturated rings. The lowest BCUT2D eigenvalue weighted by Crippen LogP contribution is -2.43. The van der Waals surface area contributed by atoms with E-state index in [-0.39, 0.29) is 18.0 Å². The van der Waals surface area contributed by atoms with Gasteiger partial charge in [0.05, 0.1) is 11.0 Å². The monoisotopic (exact) mass is 374 g/mol. The van der Waals surface area contributed by atoms with E-state index in [1.807, 2.05) is 25.2 Å². The van der Waals surface area contributed by atoms with Gasteiger partial charge in [0.1, 0.15) is 6.04 Å². The molecular weight excluding hydrogens is 348 g/mol. The molecule has 0 aliphatic carbocycles. The van der Waals surface area contributed by atoms with E-state index in [0.717, 1.165) is 43.5 Å². The molecule has 0 saturated carbocycles. The van der Waals surface area contributed by atoms with Crippen LogP contribution in [0.15, 0.2) is 23.0 Å². The van der Waals surface area contributed by atoms with E-state index in [4.69, 9.17) is 4.74 Å². The molecule has 2 aromatic rings. The van der Waals surface area contributed by atoms with E-state index < -0.39 is 11.9 Å². The molecule has 0 bridgehead atoms. The fourth-order valence-corrected chi connectivity index (χ4v) is 3.47. The van der Waals surface area contributed by atoms with Crippen molar-refractivity contribution in [1.29, 1.82) is 0 Å². The minimum absolute atomic E-state index is 0.236. The van der Waals surface area contributed by atoms with E-state index in [1.165, 1.54) is 4.57 Å². The lowest BCUT2D eigenvalue weighted by Gasteiger charge is -2.21. The van der Waals surface area contributed by atoms with Crippen molar-refractivity contribution in [3.05, 3.63) is 34.2 Å². The molecule has 8 heteroatoms. The maximum atomic E-state index is 12.5. The molecule has 1 aromatic carbocycles. The molecule has 2 amide bonds. The van der Waals surface area contributed by atoms with Crippen LogP contribution in [0, 0.1) is 0 Å². The highest BCUT2D eigenvalue weighted by Crippen LogP contribution is 2.24. The number of fused-ring (bicyclic) bond motifs is 1. The summed E-state index contributed by atoms with van der Waals surface area (Å²) in [6.45, 7) is 2.33. The topological polar surface area (TPSA) is 105 Å². The summed E-state index contributed by atoms with van der Waals surface area (Å²) in [6, 6.07) is 5.04. The number of carbonyl (C=O) groups excluding carboxylic acids is 2.